The largest absolute Gasteiger partial charge is 0.491 e. The highest BCUT2D eigenvalue weighted by atomic mass is 32.2. The minimum atomic E-state index is -3.07. The Kier molecular flexibility index (Phi) is 4.31. The van der Waals surface area contributed by atoms with Crippen LogP contribution in [0, 0.1) is 0 Å². The summed E-state index contributed by atoms with van der Waals surface area (Å²) in [6, 6.07) is 1.52. The summed E-state index contributed by atoms with van der Waals surface area (Å²) in [5, 5.41) is 10.4. The van der Waals surface area contributed by atoms with Gasteiger partial charge in [0.05, 0.1) is 5.75 Å². The highest BCUT2D eigenvalue weighted by Crippen LogP contribution is 2.24. The van der Waals surface area contributed by atoms with Gasteiger partial charge < -0.3 is 9.84 Å². The van der Waals surface area contributed by atoms with Crippen LogP contribution in [0.2, 0.25) is 0 Å². The van der Waals surface area contributed by atoms with Gasteiger partial charge in [0.25, 0.3) is 0 Å². The maximum atomic E-state index is 11.2. The van der Waals surface area contributed by atoms with Crippen molar-refractivity contribution in [1.29, 1.82) is 0 Å². The Hall–Kier alpha value is -1.08. The maximum Gasteiger partial charge on any atom is 0.349 e. The molecule has 0 amide bonds. The third-order valence-electron chi connectivity index (χ3n) is 1.92. The smallest absolute Gasteiger partial charge is 0.349 e. The Labute approximate surface area is 97.6 Å². The van der Waals surface area contributed by atoms with Crippen LogP contribution >= 0.6 is 11.3 Å². The summed E-state index contributed by atoms with van der Waals surface area (Å²) in [5.74, 6) is -0.878. The number of carboxylic acid groups (broad SMARTS) is 1. The molecule has 0 radical (unpaired) electrons. The lowest BCUT2D eigenvalue weighted by molar-refractivity contribution is 0.0698. The van der Waals surface area contributed by atoms with Gasteiger partial charge in [-0.3, -0.25) is 0 Å². The molecule has 0 aromatic carbocycles. The second-order valence-electron chi connectivity index (χ2n) is 3.00. The first kappa shape index (κ1) is 13.0. The van der Waals surface area contributed by atoms with E-state index in [1.165, 1.54) is 6.07 Å². The lowest BCUT2D eigenvalue weighted by Gasteiger charge is -2.05. The van der Waals surface area contributed by atoms with Crippen molar-refractivity contribution in [3.05, 3.63) is 16.3 Å². The summed E-state index contributed by atoms with van der Waals surface area (Å²) in [4.78, 5) is 10.8. The molecular formula is C9H12O5S2. The zero-order valence-corrected chi connectivity index (χ0v) is 10.3. The van der Waals surface area contributed by atoms with Crippen molar-refractivity contribution in [2.75, 3.05) is 18.1 Å². The molecule has 90 valence electrons. The summed E-state index contributed by atoms with van der Waals surface area (Å²) < 4.78 is 27.4. The molecule has 0 bridgehead atoms. The SMILES string of the molecule is CCS(=O)(=O)CCOc1ccsc1C(=O)O. The van der Waals surface area contributed by atoms with E-state index >= 15 is 0 Å². The number of hydrogen-bond acceptors (Lipinski definition) is 5. The number of rotatable bonds is 6. The lowest BCUT2D eigenvalue weighted by atomic mass is 10.4. The molecule has 0 saturated carbocycles. The average Bonchev–Trinajstić information content (AvgIpc) is 2.66. The van der Waals surface area contributed by atoms with Gasteiger partial charge in [-0.25, -0.2) is 13.2 Å². The fraction of sp³-hybridized carbons (Fsp3) is 0.444. The van der Waals surface area contributed by atoms with Crippen LogP contribution < -0.4 is 4.74 Å². The number of carbonyl (C=O) groups is 1. The van der Waals surface area contributed by atoms with Gasteiger partial charge in [0, 0.05) is 5.75 Å². The van der Waals surface area contributed by atoms with Crippen LogP contribution in [-0.4, -0.2) is 37.6 Å². The summed E-state index contributed by atoms with van der Waals surface area (Å²) >= 11 is 1.05. The maximum absolute atomic E-state index is 11.2. The second kappa shape index (κ2) is 5.31. The number of carboxylic acids is 1. The van der Waals surface area contributed by atoms with Gasteiger partial charge in [-0.1, -0.05) is 6.92 Å². The predicted octanol–water partition coefficient (Wildman–Crippen LogP) is 1.26. The molecule has 0 unspecified atom stereocenters. The van der Waals surface area contributed by atoms with Crippen LogP contribution in [0.15, 0.2) is 11.4 Å². The monoisotopic (exact) mass is 264 g/mol. The van der Waals surface area contributed by atoms with Crippen LogP contribution in [-0.2, 0) is 9.84 Å². The summed E-state index contributed by atoms with van der Waals surface area (Å²) in [6.45, 7) is 1.54. The number of ether oxygens (including phenoxy) is 1. The van der Waals surface area contributed by atoms with E-state index in [1.807, 2.05) is 0 Å². The number of sulfone groups is 1. The van der Waals surface area contributed by atoms with Gasteiger partial charge in [0.2, 0.25) is 0 Å². The molecule has 0 saturated heterocycles. The molecule has 16 heavy (non-hydrogen) atoms. The van der Waals surface area contributed by atoms with E-state index in [-0.39, 0.29) is 28.7 Å². The van der Waals surface area contributed by atoms with Crippen molar-refractivity contribution in [2.45, 2.75) is 6.92 Å². The molecule has 0 atom stereocenters. The van der Waals surface area contributed by atoms with E-state index in [0.717, 1.165) is 11.3 Å². The molecule has 0 aliphatic carbocycles. The molecular weight excluding hydrogens is 252 g/mol. The van der Waals surface area contributed by atoms with Crippen molar-refractivity contribution in [3.8, 4) is 5.75 Å². The first-order valence-electron chi connectivity index (χ1n) is 4.60. The summed E-state index contributed by atoms with van der Waals surface area (Å²) in [7, 11) is -3.07. The minimum Gasteiger partial charge on any atom is -0.491 e. The van der Waals surface area contributed by atoms with Gasteiger partial charge in [-0.2, -0.15) is 0 Å². The molecule has 5 nitrogen and oxygen atoms in total. The third kappa shape index (κ3) is 3.49. The van der Waals surface area contributed by atoms with Crippen molar-refractivity contribution in [3.63, 3.8) is 0 Å². The third-order valence-corrected chi connectivity index (χ3v) is 4.47. The first-order chi connectivity index (χ1) is 7.46. The Morgan fingerprint density at radius 2 is 2.25 bits per heavy atom. The van der Waals surface area contributed by atoms with Gasteiger partial charge in [0.15, 0.2) is 14.7 Å². The van der Waals surface area contributed by atoms with Crippen LogP contribution in [0.1, 0.15) is 16.6 Å². The first-order valence-corrected chi connectivity index (χ1v) is 7.30. The molecule has 0 aliphatic rings. The van der Waals surface area contributed by atoms with Crippen molar-refractivity contribution >= 4 is 27.1 Å². The molecule has 0 spiro atoms. The van der Waals surface area contributed by atoms with E-state index < -0.39 is 15.8 Å². The molecule has 0 aliphatic heterocycles. The topological polar surface area (TPSA) is 80.7 Å². The molecule has 1 N–H and O–H groups in total. The minimum absolute atomic E-state index is 0.0206. The second-order valence-corrected chi connectivity index (χ2v) is 6.39. The van der Waals surface area contributed by atoms with Crippen LogP contribution in [0.4, 0.5) is 0 Å². The van der Waals surface area contributed by atoms with Crippen LogP contribution in [0.25, 0.3) is 0 Å². The van der Waals surface area contributed by atoms with E-state index in [1.54, 1.807) is 12.3 Å². The summed E-state index contributed by atoms with van der Waals surface area (Å²) in [5.41, 5.74) is 0. The average molecular weight is 264 g/mol. The lowest BCUT2D eigenvalue weighted by Crippen LogP contribution is -2.16. The van der Waals surface area contributed by atoms with Crippen molar-refractivity contribution in [2.24, 2.45) is 0 Å². The van der Waals surface area contributed by atoms with E-state index in [4.69, 9.17) is 9.84 Å². The Balaban J connectivity index is 2.56. The number of thiophene rings is 1. The number of aromatic carboxylic acids is 1. The molecule has 1 heterocycles. The van der Waals surface area contributed by atoms with Gasteiger partial charge in [-0.15, -0.1) is 11.3 Å². The van der Waals surface area contributed by atoms with E-state index in [9.17, 15) is 13.2 Å². The Bertz CT molecular complexity index is 460. The zero-order valence-electron chi connectivity index (χ0n) is 8.67. The molecule has 1 aromatic rings. The van der Waals surface area contributed by atoms with Crippen molar-refractivity contribution < 1.29 is 23.1 Å². The fourth-order valence-electron chi connectivity index (χ4n) is 0.990. The predicted molar refractivity (Wildman–Crippen MR) is 61.1 cm³/mol. The summed E-state index contributed by atoms with van der Waals surface area (Å²) in [6.07, 6.45) is 0. The highest BCUT2D eigenvalue weighted by molar-refractivity contribution is 7.91. The fourth-order valence-corrected chi connectivity index (χ4v) is 2.29. The van der Waals surface area contributed by atoms with Gasteiger partial charge in [-0.05, 0) is 11.4 Å². The van der Waals surface area contributed by atoms with Crippen molar-refractivity contribution in [1.82, 2.24) is 0 Å². The van der Waals surface area contributed by atoms with Crippen LogP contribution in [0.5, 0.6) is 5.75 Å². The van der Waals surface area contributed by atoms with E-state index in [0.29, 0.717) is 0 Å². The standard InChI is InChI=1S/C9H12O5S2/c1-2-16(12,13)6-4-14-7-3-5-15-8(7)9(10)11/h3,5H,2,4,6H2,1H3,(H,10,11). The normalized spacial score (nSPS) is 11.3. The molecule has 7 heteroatoms. The van der Waals surface area contributed by atoms with Crippen LogP contribution in [0.3, 0.4) is 0 Å². The van der Waals surface area contributed by atoms with Gasteiger partial charge >= 0.3 is 5.97 Å². The Morgan fingerprint density at radius 3 is 2.81 bits per heavy atom. The number of hydrogen-bond donors (Lipinski definition) is 1. The van der Waals surface area contributed by atoms with Gasteiger partial charge in [0.1, 0.15) is 12.4 Å². The zero-order chi connectivity index (χ0) is 12.2. The molecule has 0 fully saturated rings. The quantitative estimate of drug-likeness (QED) is 0.836. The molecule has 1 rings (SSSR count). The Morgan fingerprint density at radius 1 is 1.56 bits per heavy atom. The van der Waals surface area contributed by atoms with E-state index in [2.05, 4.69) is 0 Å². The molecule has 1 aromatic heterocycles. The highest BCUT2D eigenvalue weighted by Gasteiger charge is 2.14.